The van der Waals surface area contributed by atoms with Crippen molar-refractivity contribution in [2.24, 2.45) is 0 Å². The van der Waals surface area contributed by atoms with Crippen LogP contribution in [0, 0.1) is 6.92 Å². The van der Waals surface area contributed by atoms with E-state index in [1.54, 1.807) is 4.52 Å². The van der Waals surface area contributed by atoms with Gasteiger partial charge in [-0.2, -0.15) is 5.10 Å². The number of aryl methyl sites for hydroxylation is 1. The Labute approximate surface area is 186 Å². The Morgan fingerprint density at radius 2 is 2.12 bits per heavy atom. The number of halogens is 3. The van der Waals surface area contributed by atoms with E-state index >= 15 is 0 Å². The van der Waals surface area contributed by atoms with Crippen molar-refractivity contribution < 1.29 is 22.4 Å². The number of alkyl halides is 3. The molecule has 1 unspecified atom stereocenters. The zero-order valence-electron chi connectivity index (χ0n) is 18.1. The van der Waals surface area contributed by atoms with Crippen LogP contribution in [0.25, 0.3) is 5.52 Å². The molecule has 0 spiro atoms. The zero-order chi connectivity index (χ0) is 23.5. The lowest BCUT2D eigenvalue weighted by Crippen LogP contribution is -2.41. The first-order chi connectivity index (χ1) is 15.6. The van der Waals surface area contributed by atoms with Crippen molar-refractivity contribution in [1.29, 1.82) is 0 Å². The summed E-state index contributed by atoms with van der Waals surface area (Å²) in [5, 5.41) is 4.66. The molecule has 4 aromatic heterocycles. The number of amides is 1. The number of imidazole rings is 1. The van der Waals surface area contributed by atoms with Crippen molar-refractivity contribution in [3.63, 3.8) is 0 Å². The molecule has 8 nitrogen and oxygen atoms in total. The normalized spacial score (nSPS) is 16.6. The Hall–Kier alpha value is -3.63. The van der Waals surface area contributed by atoms with Gasteiger partial charge in [-0.15, -0.1) is 0 Å². The number of hydrogen-bond acceptors (Lipinski definition) is 5. The summed E-state index contributed by atoms with van der Waals surface area (Å²) in [5.74, 6) is -2.06. The van der Waals surface area contributed by atoms with E-state index in [1.807, 2.05) is 31.2 Å². The SMILES string of the molecule is Cc1cccc2cc(C3c4nc[nH]c4CCN3C(=O)c3oc(C(C)(C)F)nc3C(F)F)nn12. The number of oxazole rings is 1. The van der Waals surface area contributed by atoms with E-state index in [1.165, 1.54) is 11.2 Å². The van der Waals surface area contributed by atoms with Gasteiger partial charge in [0, 0.05) is 24.4 Å². The molecule has 172 valence electrons. The average Bonchev–Trinajstić information content (AvgIpc) is 3.49. The highest BCUT2D eigenvalue weighted by Gasteiger charge is 2.41. The third-order valence-electron chi connectivity index (χ3n) is 5.72. The van der Waals surface area contributed by atoms with Gasteiger partial charge in [-0.25, -0.2) is 27.7 Å². The number of aromatic amines is 1. The molecular formula is C22H21F3N6O2. The topological polar surface area (TPSA) is 92.3 Å². The first-order valence-electron chi connectivity index (χ1n) is 10.4. The summed E-state index contributed by atoms with van der Waals surface area (Å²) < 4.78 is 48.8. The molecule has 0 aromatic carbocycles. The molecule has 1 amide bonds. The van der Waals surface area contributed by atoms with Crippen LogP contribution in [-0.2, 0) is 12.1 Å². The van der Waals surface area contributed by atoms with Crippen LogP contribution in [0.1, 0.15) is 71.2 Å². The van der Waals surface area contributed by atoms with Crippen LogP contribution in [0.3, 0.4) is 0 Å². The molecule has 0 saturated carbocycles. The molecule has 5 heterocycles. The summed E-state index contributed by atoms with van der Waals surface area (Å²) in [6.45, 7) is 4.35. The van der Waals surface area contributed by atoms with Crippen molar-refractivity contribution in [2.45, 2.75) is 45.3 Å². The van der Waals surface area contributed by atoms with Crippen molar-refractivity contribution >= 4 is 11.4 Å². The molecule has 33 heavy (non-hydrogen) atoms. The lowest BCUT2D eigenvalue weighted by molar-refractivity contribution is 0.0630. The summed E-state index contributed by atoms with van der Waals surface area (Å²) in [6.07, 6.45) is -1.15. The minimum absolute atomic E-state index is 0.198. The largest absolute Gasteiger partial charge is 0.431 e. The number of fused-ring (bicyclic) bond motifs is 2. The monoisotopic (exact) mass is 458 g/mol. The van der Waals surface area contributed by atoms with Gasteiger partial charge in [0.25, 0.3) is 12.3 Å². The van der Waals surface area contributed by atoms with Gasteiger partial charge >= 0.3 is 0 Å². The van der Waals surface area contributed by atoms with E-state index in [-0.39, 0.29) is 6.54 Å². The molecule has 0 fully saturated rings. The van der Waals surface area contributed by atoms with Gasteiger partial charge in [-0.1, -0.05) is 6.07 Å². The number of carbonyl (C=O) groups is 1. The van der Waals surface area contributed by atoms with Crippen LogP contribution < -0.4 is 0 Å². The molecule has 0 saturated heterocycles. The standard InChI is InChI=1S/C22H21F3N6O2/c1-11-5-4-6-12-9-14(29-31(11)12)17-15-13(26-10-27-15)7-8-30(17)20(32)18-16(19(23)24)28-21(33-18)22(2,3)25/h4-6,9-10,17,19H,7-8H2,1-3H3,(H,26,27). The van der Waals surface area contributed by atoms with Gasteiger partial charge in [0.05, 0.1) is 23.2 Å². The van der Waals surface area contributed by atoms with Gasteiger partial charge < -0.3 is 14.3 Å². The number of nitrogens with zero attached hydrogens (tertiary/aromatic N) is 5. The Bertz CT molecular complexity index is 1350. The fourth-order valence-corrected chi connectivity index (χ4v) is 4.12. The average molecular weight is 458 g/mol. The van der Waals surface area contributed by atoms with E-state index in [0.717, 1.165) is 30.8 Å². The maximum absolute atomic E-state index is 14.4. The molecule has 0 radical (unpaired) electrons. The van der Waals surface area contributed by atoms with E-state index in [4.69, 9.17) is 4.42 Å². The number of rotatable bonds is 4. The predicted molar refractivity (Wildman–Crippen MR) is 111 cm³/mol. The molecule has 1 N–H and O–H groups in total. The van der Waals surface area contributed by atoms with Crippen LogP contribution in [0.15, 0.2) is 35.0 Å². The van der Waals surface area contributed by atoms with Gasteiger partial charge in [-0.3, -0.25) is 4.79 Å². The second kappa shape index (κ2) is 7.46. The minimum atomic E-state index is -3.11. The van der Waals surface area contributed by atoms with Gasteiger partial charge in [0.15, 0.2) is 11.4 Å². The van der Waals surface area contributed by atoms with Crippen molar-refractivity contribution in [2.75, 3.05) is 6.54 Å². The Kier molecular flexibility index (Phi) is 4.80. The number of hydrogen-bond donors (Lipinski definition) is 1. The lowest BCUT2D eigenvalue weighted by Gasteiger charge is -2.33. The van der Waals surface area contributed by atoms with Crippen molar-refractivity contribution in [3.05, 3.63) is 70.7 Å². The smallest absolute Gasteiger partial charge is 0.292 e. The molecule has 1 atom stereocenters. The zero-order valence-corrected chi connectivity index (χ0v) is 18.1. The highest BCUT2D eigenvalue weighted by Crippen LogP contribution is 2.37. The maximum atomic E-state index is 14.4. The Morgan fingerprint density at radius 1 is 1.33 bits per heavy atom. The summed E-state index contributed by atoms with van der Waals surface area (Å²) >= 11 is 0. The third kappa shape index (κ3) is 3.47. The quantitative estimate of drug-likeness (QED) is 0.493. The number of aromatic nitrogens is 5. The number of H-pyrrole nitrogens is 1. The summed E-state index contributed by atoms with van der Waals surface area (Å²) in [5.41, 5.74) is 0.620. The van der Waals surface area contributed by atoms with Crippen LogP contribution in [0.2, 0.25) is 0 Å². The third-order valence-corrected chi connectivity index (χ3v) is 5.72. The van der Waals surface area contributed by atoms with Gasteiger partial charge in [-0.05, 0) is 39.0 Å². The van der Waals surface area contributed by atoms with E-state index in [0.29, 0.717) is 17.8 Å². The van der Waals surface area contributed by atoms with E-state index in [9.17, 15) is 18.0 Å². The predicted octanol–water partition coefficient (Wildman–Crippen LogP) is 4.28. The van der Waals surface area contributed by atoms with Crippen LogP contribution in [0.5, 0.6) is 0 Å². The summed E-state index contributed by atoms with van der Waals surface area (Å²) in [6, 6.07) is 6.75. The number of nitrogens with one attached hydrogen (secondary N) is 1. The van der Waals surface area contributed by atoms with Crippen LogP contribution in [0.4, 0.5) is 13.2 Å². The second-order valence-electron chi connectivity index (χ2n) is 8.50. The van der Waals surface area contributed by atoms with E-state index in [2.05, 4.69) is 20.1 Å². The molecule has 1 aliphatic heterocycles. The summed E-state index contributed by atoms with van der Waals surface area (Å²) in [4.78, 5) is 25.9. The highest BCUT2D eigenvalue weighted by atomic mass is 19.3. The first-order valence-corrected chi connectivity index (χ1v) is 10.4. The molecule has 0 bridgehead atoms. The fraction of sp³-hybridized carbons (Fsp3) is 0.364. The highest BCUT2D eigenvalue weighted by molar-refractivity contribution is 5.93. The van der Waals surface area contributed by atoms with Crippen molar-refractivity contribution in [1.82, 2.24) is 29.5 Å². The van der Waals surface area contributed by atoms with Crippen LogP contribution >= 0.6 is 0 Å². The molecule has 1 aliphatic rings. The van der Waals surface area contributed by atoms with Gasteiger partial charge in [0.1, 0.15) is 6.04 Å². The van der Waals surface area contributed by atoms with Crippen LogP contribution in [-0.4, -0.2) is 41.9 Å². The van der Waals surface area contributed by atoms with Crippen molar-refractivity contribution in [3.8, 4) is 0 Å². The number of carbonyl (C=O) groups excluding carboxylic acids is 1. The molecule has 5 rings (SSSR count). The molecular weight excluding hydrogens is 437 g/mol. The minimum Gasteiger partial charge on any atom is -0.431 e. The Morgan fingerprint density at radius 3 is 2.82 bits per heavy atom. The molecule has 4 aromatic rings. The number of pyridine rings is 1. The van der Waals surface area contributed by atoms with E-state index < -0.39 is 41.4 Å². The fourth-order valence-electron chi connectivity index (χ4n) is 4.12. The summed E-state index contributed by atoms with van der Waals surface area (Å²) in [7, 11) is 0. The maximum Gasteiger partial charge on any atom is 0.292 e. The second-order valence-corrected chi connectivity index (χ2v) is 8.50. The Balaban J connectivity index is 1.63. The molecule has 11 heteroatoms. The molecule has 0 aliphatic carbocycles. The van der Waals surface area contributed by atoms with Gasteiger partial charge in [0.2, 0.25) is 11.7 Å². The lowest BCUT2D eigenvalue weighted by atomic mass is 9.99. The first kappa shape index (κ1) is 21.2.